The third-order valence-corrected chi connectivity index (χ3v) is 3.23. The number of rotatable bonds is 9. The lowest BCUT2D eigenvalue weighted by Crippen LogP contribution is -2.15. The zero-order valence-electron chi connectivity index (χ0n) is 10.5. The molecule has 0 saturated carbocycles. The lowest BCUT2D eigenvalue weighted by Gasteiger charge is -2.11. The average Bonchev–Trinajstić information content (AvgIpc) is 2.40. The average molecular weight is 272 g/mol. The maximum atomic E-state index is 9.16. The summed E-state index contributed by atoms with van der Waals surface area (Å²) >= 11 is 1.55. The quantitative estimate of drug-likeness (QED) is 0.668. The van der Waals surface area contributed by atoms with Crippen LogP contribution in [0.3, 0.4) is 0 Å². The smallest absolute Gasteiger partial charge is 0.161 e. The minimum atomic E-state index is -0.647. The summed E-state index contributed by atoms with van der Waals surface area (Å²) in [7, 11) is 0. The number of ether oxygens (including phenoxy) is 2. The SMILES string of the molecule is CCOc1ccccc1OCCSCC(O)CO. The molecule has 1 aromatic rings. The van der Waals surface area contributed by atoms with Gasteiger partial charge < -0.3 is 19.7 Å². The molecule has 0 spiro atoms. The second-order valence-electron chi connectivity index (χ2n) is 3.64. The van der Waals surface area contributed by atoms with Gasteiger partial charge in [-0.25, -0.2) is 0 Å². The van der Waals surface area contributed by atoms with Crippen molar-refractivity contribution in [2.24, 2.45) is 0 Å². The van der Waals surface area contributed by atoms with Crippen LogP contribution in [0.4, 0.5) is 0 Å². The van der Waals surface area contributed by atoms with Crippen molar-refractivity contribution in [2.75, 3.05) is 31.3 Å². The summed E-state index contributed by atoms with van der Waals surface area (Å²) in [5, 5.41) is 17.8. The molecule has 0 aromatic heterocycles. The second kappa shape index (κ2) is 9.08. The second-order valence-corrected chi connectivity index (χ2v) is 4.79. The van der Waals surface area contributed by atoms with Crippen molar-refractivity contribution in [1.82, 2.24) is 0 Å². The Morgan fingerprint density at radius 3 is 2.50 bits per heavy atom. The van der Waals surface area contributed by atoms with Gasteiger partial charge in [-0.15, -0.1) is 0 Å². The number of benzene rings is 1. The standard InChI is InChI=1S/C13H20O4S/c1-2-16-12-5-3-4-6-13(12)17-7-8-18-10-11(15)9-14/h3-6,11,14-15H,2,7-10H2,1H3. The van der Waals surface area contributed by atoms with Gasteiger partial charge in [0.15, 0.2) is 11.5 Å². The fourth-order valence-corrected chi connectivity index (χ4v) is 2.07. The number of hydrogen-bond donors (Lipinski definition) is 2. The van der Waals surface area contributed by atoms with E-state index in [-0.39, 0.29) is 6.61 Å². The molecule has 0 radical (unpaired) electrons. The van der Waals surface area contributed by atoms with Crippen LogP contribution in [0.1, 0.15) is 6.92 Å². The van der Waals surface area contributed by atoms with Crippen LogP contribution in [-0.2, 0) is 0 Å². The molecule has 4 nitrogen and oxygen atoms in total. The Balaban J connectivity index is 2.26. The van der Waals surface area contributed by atoms with Gasteiger partial charge in [0, 0.05) is 11.5 Å². The first-order valence-electron chi connectivity index (χ1n) is 5.99. The topological polar surface area (TPSA) is 58.9 Å². The Morgan fingerprint density at radius 1 is 1.22 bits per heavy atom. The molecule has 1 atom stereocenters. The molecule has 0 aliphatic heterocycles. The molecule has 0 aliphatic carbocycles. The molecule has 0 bridgehead atoms. The highest BCUT2D eigenvalue weighted by molar-refractivity contribution is 7.99. The van der Waals surface area contributed by atoms with Crippen LogP contribution in [-0.4, -0.2) is 47.6 Å². The number of aliphatic hydroxyl groups is 2. The Bertz CT molecular complexity index is 333. The van der Waals surface area contributed by atoms with E-state index >= 15 is 0 Å². The van der Waals surface area contributed by atoms with Gasteiger partial charge in [-0.1, -0.05) is 12.1 Å². The van der Waals surface area contributed by atoms with Gasteiger partial charge in [0.25, 0.3) is 0 Å². The van der Waals surface area contributed by atoms with E-state index in [0.29, 0.717) is 19.0 Å². The number of aliphatic hydroxyl groups excluding tert-OH is 2. The molecule has 0 aliphatic rings. The summed E-state index contributed by atoms with van der Waals surface area (Å²) in [6.45, 7) is 2.90. The van der Waals surface area contributed by atoms with E-state index in [9.17, 15) is 0 Å². The van der Waals surface area contributed by atoms with Gasteiger partial charge in [0.1, 0.15) is 0 Å². The van der Waals surface area contributed by atoms with Gasteiger partial charge in [-0.3, -0.25) is 0 Å². The molecule has 0 amide bonds. The molecule has 1 unspecified atom stereocenters. The summed E-state index contributed by atoms with van der Waals surface area (Å²) in [5.41, 5.74) is 0. The van der Waals surface area contributed by atoms with Gasteiger partial charge in [0.05, 0.1) is 25.9 Å². The molecule has 2 N–H and O–H groups in total. The predicted molar refractivity (Wildman–Crippen MR) is 73.5 cm³/mol. The highest BCUT2D eigenvalue weighted by Gasteiger charge is 2.04. The molecule has 102 valence electrons. The number of para-hydroxylation sites is 2. The van der Waals surface area contributed by atoms with Gasteiger partial charge in [-0.2, -0.15) is 11.8 Å². The third-order valence-electron chi connectivity index (χ3n) is 2.16. The van der Waals surface area contributed by atoms with Crippen LogP contribution in [0.25, 0.3) is 0 Å². The zero-order chi connectivity index (χ0) is 13.2. The van der Waals surface area contributed by atoms with Crippen LogP contribution < -0.4 is 9.47 Å². The van der Waals surface area contributed by atoms with E-state index in [1.54, 1.807) is 11.8 Å². The predicted octanol–water partition coefficient (Wildman–Crippen LogP) is 1.55. The van der Waals surface area contributed by atoms with E-state index in [4.69, 9.17) is 19.7 Å². The summed E-state index contributed by atoms with van der Waals surface area (Å²) in [5.74, 6) is 2.77. The van der Waals surface area contributed by atoms with Crippen molar-refractivity contribution in [1.29, 1.82) is 0 Å². The maximum absolute atomic E-state index is 9.16. The van der Waals surface area contributed by atoms with E-state index in [0.717, 1.165) is 17.3 Å². The number of hydrogen-bond acceptors (Lipinski definition) is 5. The maximum Gasteiger partial charge on any atom is 0.161 e. The highest BCUT2D eigenvalue weighted by Crippen LogP contribution is 2.26. The van der Waals surface area contributed by atoms with Crippen molar-refractivity contribution >= 4 is 11.8 Å². The Kier molecular flexibility index (Phi) is 7.64. The normalized spacial score (nSPS) is 12.2. The van der Waals surface area contributed by atoms with Crippen molar-refractivity contribution in [3.05, 3.63) is 24.3 Å². The fourth-order valence-electron chi connectivity index (χ4n) is 1.33. The molecule has 1 rings (SSSR count). The monoisotopic (exact) mass is 272 g/mol. The summed E-state index contributed by atoms with van der Waals surface area (Å²) in [4.78, 5) is 0. The number of thioether (sulfide) groups is 1. The van der Waals surface area contributed by atoms with Gasteiger partial charge in [0.2, 0.25) is 0 Å². The molecule has 18 heavy (non-hydrogen) atoms. The highest BCUT2D eigenvalue weighted by atomic mass is 32.2. The van der Waals surface area contributed by atoms with Crippen LogP contribution >= 0.6 is 11.8 Å². The lowest BCUT2D eigenvalue weighted by atomic mass is 10.3. The summed E-state index contributed by atoms with van der Waals surface area (Å²) < 4.78 is 11.1. The first-order valence-corrected chi connectivity index (χ1v) is 7.14. The van der Waals surface area contributed by atoms with Gasteiger partial charge >= 0.3 is 0 Å². The molecular weight excluding hydrogens is 252 g/mol. The van der Waals surface area contributed by atoms with Crippen molar-refractivity contribution in [2.45, 2.75) is 13.0 Å². The van der Waals surface area contributed by atoms with E-state index < -0.39 is 6.10 Å². The Hall–Kier alpha value is -0.910. The first kappa shape index (κ1) is 15.1. The zero-order valence-corrected chi connectivity index (χ0v) is 11.4. The molecule has 0 saturated heterocycles. The fraction of sp³-hybridized carbons (Fsp3) is 0.538. The van der Waals surface area contributed by atoms with Crippen molar-refractivity contribution < 1.29 is 19.7 Å². The molecule has 0 fully saturated rings. The Morgan fingerprint density at radius 2 is 1.89 bits per heavy atom. The lowest BCUT2D eigenvalue weighted by molar-refractivity contribution is 0.113. The summed E-state index contributed by atoms with van der Waals surface area (Å²) in [6, 6.07) is 7.56. The molecule has 1 aromatic carbocycles. The third kappa shape index (κ3) is 5.62. The largest absolute Gasteiger partial charge is 0.490 e. The minimum Gasteiger partial charge on any atom is -0.490 e. The van der Waals surface area contributed by atoms with E-state index in [1.807, 2.05) is 31.2 Å². The van der Waals surface area contributed by atoms with Crippen LogP contribution in [0.2, 0.25) is 0 Å². The Labute approximate surface area is 112 Å². The van der Waals surface area contributed by atoms with E-state index in [2.05, 4.69) is 0 Å². The van der Waals surface area contributed by atoms with Crippen LogP contribution in [0.15, 0.2) is 24.3 Å². The first-order chi connectivity index (χ1) is 8.77. The van der Waals surface area contributed by atoms with Crippen molar-refractivity contribution in [3.63, 3.8) is 0 Å². The van der Waals surface area contributed by atoms with E-state index in [1.165, 1.54) is 0 Å². The minimum absolute atomic E-state index is 0.193. The molecular formula is C13H20O4S. The van der Waals surface area contributed by atoms with Gasteiger partial charge in [-0.05, 0) is 19.1 Å². The summed E-state index contributed by atoms with van der Waals surface area (Å²) in [6.07, 6.45) is -0.647. The molecule has 0 heterocycles. The molecule has 5 heteroatoms. The van der Waals surface area contributed by atoms with Crippen LogP contribution in [0, 0.1) is 0 Å². The van der Waals surface area contributed by atoms with Crippen LogP contribution in [0.5, 0.6) is 11.5 Å². The van der Waals surface area contributed by atoms with Crippen molar-refractivity contribution in [3.8, 4) is 11.5 Å².